The SMILES string of the molecule is N=C(N)NCCCCCCNc1cccc(CN2C(=O)CN(CCC(=O)O)C(=O)c3cc(CCCCCNC(=N)N)ccc32)c1. The van der Waals surface area contributed by atoms with E-state index in [1.54, 1.807) is 4.90 Å². The first-order valence-corrected chi connectivity index (χ1v) is 15.6. The number of aliphatic carboxylic acids is 1. The van der Waals surface area contributed by atoms with E-state index in [-0.39, 0.29) is 49.8 Å². The van der Waals surface area contributed by atoms with Gasteiger partial charge in [-0.3, -0.25) is 25.2 Å². The fourth-order valence-electron chi connectivity index (χ4n) is 5.23. The summed E-state index contributed by atoms with van der Waals surface area (Å²) in [5.41, 5.74) is 14.4. The second-order valence-corrected chi connectivity index (χ2v) is 11.2. The Kier molecular flexibility index (Phi) is 14.0. The monoisotopic (exact) mass is 621 g/mol. The summed E-state index contributed by atoms with van der Waals surface area (Å²) in [6, 6.07) is 13.5. The van der Waals surface area contributed by atoms with Gasteiger partial charge in [0.1, 0.15) is 6.54 Å². The fourth-order valence-corrected chi connectivity index (χ4v) is 5.23. The summed E-state index contributed by atoms with van der Waals surface area (Å²) in [4.78, 5) is 41.4. The number of aryl methyl sites for hydroxylation is 1. The molecule has 45 heavy (non-hydrogen) atoms. The van der Waals surface area contributed by atoms with Crippen molar-refractivity contribution in [3.63, 3.8) is 0 Å². The van der Waals surface area contributed by atoms with Crippen LogP contribution in [0, 0.1) is 10.8 Å². The van der Waals surface area contributed by atoms with Crippen molar-refractivity contribution in [2.24, 2.45) is 11.5 Å². The third-order valence-electron chi connectivity index (χ3n) is 7.57. The van der Waals surface area contributed by atoms with Crippen LogP contribution in [0.25, 0.3) is 0 Å². The maximum Gasteiger partial charge on any atom is 0.305 e. The van der Waals surface area contributed by atoms with Gasteiger partial charge in [-0.05, 0) is 67.5 Å². The summed E-state index contributed by atoms with van der Waals surface area (Å²) >= 11 is 0. The summed E-state index contributed by atoms with van der Waals surface area (Å²) in [6.45, 7) is 2.16. The average molecular weight is 622 g/mol. The number of benzene rings is 2. The van der Waals surface area contributed by atoms with Gasteiger partial charge in [-0.15, -0.1) is 0 Å². The number of guanidine groups is 2. The number of hydrogen-bond acceptors (Lipinski definition) is 6. The zero-order valence-corrected chi connectivity index (χ0v) is 25.9. The van der Waals surface area contributed by atoms with E-state index in [9.17, 15) is 19.5 Å². The lowest BCUT2D eigenvalue weighted by Crippen LogP contribution is -2.40. The molecule has 0 atom stereocenters. The number of amides is 2. The quantitative estimate of drug-likeness (QED) is 0.0657. The Morgan fingerprint density at radius 3 is 2.18 bits per heavy atom. The van der Waals surface area contributed by atoms with Crippen LogP contribution in [0.5, 0.6) is 0 Å². The Morgan fingerprint density at radius 1 is 0.844 bits per heavy atom. The molecule has 2 amide bonds. The van der Waals surface area contributed by atoms with E-state index in [1.807, 2.05) is 42.5 Å². The van der Waals surface area contributed by atoms with E-state index < -0.39 is 5.97 Å². The number of carboxylic acids is 1. The van der Waals surface area contributed by atoms with Gasteiger partial charge in [0.2, 0.25) is 5.91 Å². The molecule has 0 bridgehead atoms. The number of carbonyl (C=O) groups is 3. The van der Waals surface area contributed by atoms with Gasteiger partial charge < -0.3 is 42.3 Å². The average Bonchev–Trinajstić information content (AvgIpc) is 3.09. The highest BCUT2D eigenvalue weighted by Crippen LogP contribution is 2.30. The molecule has 0 saturated heterocycles. The molecular weight excluding hydrogens is 574 g/mol. The van der Waals surface area contributed by atoms with Crippen molar-refractivity contribution in [2.75, 3.05) is 42.9 Å². The van der Waals surface area contributed by atoms with Gasteiger partial charge in [0, 0.05) is 31.9 Å². The predicted octanol–water partition coefficient (Wildman–Crippen LogP) is 2.80. The van der Waals surface area contributed by atoms with Crippen molar-refractivity contribution in [3.8, 4) is 0 Å². The number of nitrogens with two attached hydrogens (primary N) is 2. The highest BCUT2D eigenvalue weighted by atomic mass is 16.4. The number of hydrogen-bond donors (Lipinski definition) is 8. The molecule has 0 aliphatic carbocycles. The van der Waals surface area contributed by atoms with Crippen LogP contribution in [0.3, 0.4) is 0 Å². The molecule has 244 valence electrons. The highest BCUT2D eigenvalue weighted by molar-refractivity contribution is 6.09. The highest BCUT2D eigenvalue weighted by Gasteiger charge is 2.32. The number of anilines is 2. The molecule has 2 aromatic rings. The fraction of sp³-hybridized carbons (Fsp3) is 0.469. The van der Waals surface area contributed by atoms with Crippen LogP contribution in [0.2, 0.25) is 0 Å². The number of unbranched alkanes of at least 4 members (excludes halogenated alkanes) is 5. The number of fused-ring (bicyclic) bond motifs is 1. The molecule has 1 aliphatic rings. The van der Waals surface area contributed by atoms with Crippen molar-refractivity contribution in [1.82, 2.24) is 15.5 Å². The Hall–Kier alpha value is -4.81. The van der Waals surface area contributed by atoms with Gasteiger partial charge in [0.25, 0.3) is 5.91 Å². The maximum atomic E-state index is 13.6. The Morgan fingerprint density at radius 2 is 1.51 bits per heavy atom. The molecule has 3 rings (SSSR count). The minimum absolute atomic E-state index is 0.00316. The molecule has 0 radical (unpaired) electrons. The van der Waals surface area contributed by atoms with Crippen LogP contribution in [0.15, 0.2) is 42.5 Å². The topological polar surface area (TPSA) is 214 Å². The van der Waals surface area contributed by atoms with Gasteiger partial charge >= 0.3 is 5.97 Å². The van der Waals surface area contributed by atoms with Crippen LogP contribution in [0.4, 0.5) is 11.4 Å². The number of carboxylic acid groups (broad SMARTS) is 1. The van der Waals surface area contributed by atoms with Crippen molar-refractivity contribution in [1.29, 1.82) is 10.8 Å². The largest absolute Gasteiger partial charge is 0.481 e. The van der Waals surface area contributed by atoms with Crippen molar-refractivity contribution < 1.29 is 19.5 Å². The predicted molar refractivity (Wildman–Crippen MR) is 177 cm³/mol. The molecule has 13 heteroatoms. The van der Waals surface area contributed by atoms with Gasteiger partial charge in [-0.1, -0.05) is 37.5 Å². The number of nitrogens with one attached hydrogen (secondary N) is 5. The zero-order chi connectivity index (χ0) is 32.6. The third kappa shape index (κ3) is 12.0. The first-order chi connectivity index (χ1) is 21.6. The lowest BCUT2D eigenvalue weighted by Gasteiger charge is -2.23. The third-order valence-corrected chi connectivity index (χ3v) is 7.57. The second kappa shape index (κ2) is 18.1. The van der Waals surface area contributed by atoms with Crippen molar-refractivity contribution in [2.45, 2.75) is 64.3 Å². The van der Waals surface area contributed by atoms with E-state index >= 15 is 0 Å². The minimum atomic E-state index is -1.03. The zero-order valence-electron chi connectivity index (χ0n) is 25.9. The van der Waals surface area contributed by atoms with Gasteiger partial charge in [0.05, 0.1) is 24.2 Å². The molecule has 0 aromatic heterocycles. The molecule has 0 unspecified atom stereocenters. The number of rotatable bonds is 19. The van der Waals surface area contributed by atoms with Gasteiger partial charge in [0.15, 0.2) is 11.9 Å². The first-order valence-electron chi connectivity index (χ1n) is 15.6. The molecule has 1 heterocycles. The first kappa shape index (κ1) is 34.7. The molecule has 1 aliphatic heterocycles. The molecule has 10 N–H and O–H groups in total. The molecule has 13 nitrogen and oxygen atoms in total. The van der Waals surface area contributed by atoms with Gasteiger partial charge in [-0.2, -0.15) is 0 Å². The maximum absolute atomic E-state index is 13.6. The summed E-state index contributed by atoms with van der Waals surface area (Å²) in [6.07, 6.45) is 7.21. The summed E-state index contributed by atoms with van der Waals surface area (Å²) in [5, 5.41) is 32.7. The van der Waals surface area contributed by atoms with Crippen molar-refractivity contribution >= 4 is 41.1 Å². The Labute approximate surface area is 264 Å². The smallest absolute Gasteiger partial charge is 0.305 e. The second-order valence-electron chi connectivity index (χ2n) is 11.2. The lowest BCUT2D eigenvalue weighted by molar-refractivity contribution is -0.137. The van der Waals surface area contributed by atoms with Crippen LogP contribution in [-0.4, -0.2) is 72.4 Å². The molecule has 0 spiro atoms. The lowest BCUT2D eigenvalue weighted by atomic mass is 10.0. The summed E-state index contributed by atoms with van der Waals surface area (Å²) in [7, 11) is 0. The Bertz CT molecular complexity index is 1330. The van der Waals surface area contributed by atoms with E-state index in [2.05, 4.69) is 16.0 Å². The van der Waals surface area contributed by atoms with E-state index in [0.29, 0.717) is 24.3 Å². The Balaban J connectivity index is 1.68. The number of nitrogens with zero attached hydrogens (tertiary/aromatic N) is 2. The standard InChI is InChI=1S/C32H47N9O4/c33-31(34)38-16-6-2-1-5-15-37-25-11-8-10-24(19-25)21-41-27-13-12-23(9-4-3-7-17-39-32(35)36)20-26(27)30(45)40(22-28(41)42)18-14-29(43)44/h8,10-13,19-20,37H,1-7,9,14-18,21-22H2,(H,43,44)(H4,33,34,38)(H4,35,36,39). The summed E-state index contributed by atoms with van der Waals surface area (Å²) in [5.74, 6) is -1.69. The molecule has 0 saturated carbocycles. The van der Waals surface area contributed by atoms with Crippen LogP contribution in [-0.2, 0) is 22.6 Å². The van der Waals surface area contributed by atoms with Gasteiger partial charge in [-0.25, -0.2) is 0 Å². The minimum Gasteiger partial charge on any atom is -0.481 e. The van der Waals surface area contributed by atoms with E-state index in [0.717, 1.165) is 74.7 Å². The van der Waals surface area contributed by atoms with E-state index in [4.69, 9.17) is 22.3 Å². The normalized spacial score (nSPS) is 12.8. The number of carbonyl (C=O) groups excluding carboxylic acids is 2. The molecular formula is C32H47N9O4. The molecule has 2 aromatic carbocycles. The van der Waals surface area contributed by atoms with Crippen LogP contribution < -0.4 is 32.3 Å². The van der Waals surface area contributed by atoms with Crippen LogP contribution in [0.1, 0.15) is 72.9 Å². The van der Waals surface area contributed by atoms with Crippen LogP contribution >= 0.6 is 0 Å². The van der Waals surface area contributed by atoms with E-state index in [1.165, 1.54) is 4.90 Å². The summed E-state index contributed by atoms with van der Waals surface area (Å²) < 4.78 is 0. The van der Waals surface area contributed by atoms with Crippen molar-refractivity contribution in [3.05, 3.63) is 59.2 Å². The molecule has 0 fully saturated rings.